The number of carbonyl (C=O) groups is 1. The van der Waals surface area contributed by atoms with E-state index in [4.69, 9.17) is 0 Å². The van der Waals surface area contributed by atoms with E-state index in [1.54, 1.807) is 0 Å². The summed E-state index contributed by atoms with van der Waals surface area (Å²) in [7, 11) is 0. The molecule has 0 fully saturated rings. The Morgan fingerprint density at radius 3 is 2.80 bits per heavy atom. The van der Waals surface area contributed by atoms with Gasteiger partial charge in [-0.2, -0.15) is 0 Å². The summed E-state index contributed by atoms with van der Waals surface area (Å²) in [4.78, 5) is 13.9. The number of hydrogen-bond donors (Lipinski definition) is 0. The predicted molar refractivity (Wildman–Crippen MR) is 59.2 cm³/mol. The largest absolute Gasteiger partial charge is 0.307 e. The van der Waals surface area contributed by atoms with E-state index in [9.17, 15) is 4.79 Å². The van der Waals surface area contributed by atoms with Crippen molar-refractivity contribution in [3.8, 4) is 0 Å². The van der Waals surface area contributed by atoms with Gasteiger partial charge >= 0.3 is 0 Å². The molecular weight excluding hydrogens is 186 g/mol. The molecule has 0 radical (unpaired) electrons. The Balaban J connectivity index is 2.21. The maximum atomic E-state index is 12.0. The molecule has 0 aromatic heterocycles. The van der Waals surface area contributed by atoms with E-state index < -0.39 is 0 Å². The third kappa shape index (κ3) is 1.14. The SMILES string of the molecule is O=C1c2ccccc2C2=CC=CCCN12. The zero-order chi connectivity index (χ0) is 10.3. The van der Waals surface area contributed by atoms with Crippen LogP contribution >= 0.6 is 0 Å². The van der Waals surface area contributed by atoms with Gasteiger partial charge in [-0.15, -0.1) is 0 Å². The molecule has 0 N–H and O–H groups in total. The van der Waals surface area contributed by atoms with Crippen molar-refractivity contribution in [1.82, 2.24) is 4.90 Å². The standard InChI is InChI=1S/C13H11NO/c15-13-11-7-4-3-6-10(11)12-8-2-1-5-9-14(12)13/h1-4,6-8H,5,9H2. The lowest BCUT2D eigenvalue weighted by Crippen LogP contribution is -2.23. The molecule has 0 atom stereocenters. The smallest absolute Gasteiger partial charge is 0.258 e. The minimum atomic E-state index is 0.139. The van der Waals surface area contributed by atoms with Crippen LogP contribution in [-0.2, 0) is 0 Å². The first-order valence-electron chi connectivity index (χ1n) is 5.16. The molecule has 74 valence electrons. The normalized spacial score (nSPS) is 18.3. The lowest BCUT2D eigenvalue weighted by atomic mass is 10.1. The monoisotopic (exact) mass is 197 g/mol. The second-order valence-corrected chi connectivity index (χ2v) is 3.77. The van der Waals surface area contributed by atoms with E-state index in [0.717, 1.165) is 29.8 Å². The summed E-state index contributed by atoms with van der Waals surface area (Å²) in [5, 5.41) is 0. The van der Waals surface area contributed by atoms with Crippen LogP contribution in [0.1, 0.15) is 22.3 Å². The van der Waals surface area contributed by atoms with E-state index in [0.29, 0.717) is 0 Å². The van der Waals surface area contributed by atoms with Crippen LogP contribution in [0, 0.1) is 0 Å². The number of fused-ring (bicyclic) bond motifs is 3. The van der Waals surface area contributed by atoms with Crippen LogP contribution in [0.25, 0.3) is 5.70 Å². The lowest BCUT2D eigenvalue weighted by molar-refractivity contribution is 0.0852. The van der Waals surface area contributed by atoms with Gasteiger partial charge in [0.05, 0.1) is 5.70 Å². The summed E-state index contributed by atoms with van der Waals surface area (Å²) >= 11 is 0. The van der Waals surface area contributed by atoms with Crippen molar-refractivity contribution in [2.24, 2.45) is 0 Å². The highest BCUT2D eigenvalue weighted by molar-refractivity contribution is 6.09. The molecule has 0 bridgehead atoms. The molecule has 0 saturated carbocycles. The third-order valence-corrected chi connectivity index (χ3v) is 2.88. The number of rotatable bonds is 0. The molecule has 0 aliphatic carbocycles. The van der Waals surface area contributed by atoms with Gasteiger partial charge in [0.2, 0.25) is 0 Å². The maximum absolute atomic E-state index is 12.0. The molecule has 15 heavy (non-hydrogen) atoms. The number of benzene rings is 1. The van der Waals surface area contributed by atoms with Gasteiger partial charge in [0, 0.05) is 17.7 Å². The van der Waals surface area contributed by atoms with Crippen LogP contribution in [0.5, 0.6) is 0 Å². The number of amides is 1. The molecule has 1 amide bonds. The second kappa shape index (κ2) is 3.09. The van der Waals surface area contributed by atoms with Gasteiger partial charge in [-0.05, 0) is 18.6 Å². The van der Waals surface area contributed by atoms with Gasteiger partial charge in [-0.1, -0.05) is 30.4 Å². The van der Waals surface area contributed by atoms with Crippen LogP contribution in [0.3, 0.4) is 0 Å². The fraction of sp³-hybridized carbons (Fsp3) is 0.154. The summed E-state index contributed by atoms with van der Waals surface area (Å²) in [5.41, 5.74) is 2.94. The van der Waals surface area contributed by atoms with Crippen LogP contribution in [-0.4, -0.2) is 17.4 Å². The molecule has 0 spiro atoms. The third-order valence-electron chi connectivity index (χ3n) is 2.88. The zero-order valence-corrected chi connectivity index (χ0v) is 8.31. The summed E-state index contributed by atoms with van der Waals surface area (Å²) in [6.07, 6.45) is 7.09. The van der Waals surface area contributed by atoms with Gasteiger partial charge in [0.15, 0.2) is 0 Å². The minimum absolute atomic E-state index is 0.139. The Morgan fingerprint density at radius 1 is 1.13 bits per heavy atom. The highest BCUT2D eigenvalue weighted by Gasteiger charge is 2.31. The molecule has 0 unspecified atom stereocenters. The topological polar surface area (TPSA) is 20.3 Å². The van der Waals surface area contributed by atoms with E-state index in [2.05, 4.69) is 6.08 Å². The summed E-state index contributed by atoms with van der Waals surface area (Å²) < 4.78 is 0. The van der Waals surface area contributed by atoms with E-state index in [-0.39, 0.29) is 5.91 Å². The Morgan fingerprint density at radius 2 is 1.93 bits per heavy atom. The molecule has 2 nitrogen and oxygen atoms in total. The van der Waals surface area contributed by atoms with Crippen LogP contribution in [0.15, 0.2) is 42.5 Å². The first kappa shape index (κ1) is 8.48. The highest BCUT2D eigenvalue weighted by atomic mass is 16.2. The Kier molecular flexibility index (Phi) is 1.75. The van der Waals surface area contributed by atoms with E-state index in [1.165, 1.54) is 0 Å². The van der Waals surface area contributed by atoms with Crippen molar-refractivity contribution < 1.29 is 4.79 Å². The van der Waals surface area contributed by atoms with E-state index in [1.807, 2.05) is 41.3 Å². The van der Waals surface area contributed by atoms with Gasteiger partial charge < -0.3 is 4.90 Å². The number of carbonyl (C=O) groups excluding carboxylic acids is 1. The Hall–Kier alpha value is -1.83. The molecule has 0 saturated heterocycles. The zero-order valence-electron chi connectivity index (χ0n) is 8.31. The molecule has 2 heterocycles. The van der Waals surface area contributed by atoms with Crippen molar-refractivity contribution in [3.05, 3.63) is 53.6 Å². The fourth-order valence-corrected chi connectivity index (χ4v) is 2.15. The summed E-state index contributed by atoms with van der Waals surface area (Å²) in [5.74, 6) is 0.139. The highest BCUT2D eigenvalue weighted by Crippen LogP contribution is 2.33. The first-order chi connectivity index (χ1) is 7.38. The maximum Gasteiger partial charge on any atom is 0.258 e. The van der Waals surface area contributed by atoms with Crippen molar-refractivity contribution in [2.75, 3.05) is 6.54 Å². The quantitative estimate of drug-likeness (QED) is 0.625. The first-order valence-corrected chi connectivity index (χ1v) is 5.16. The van der Waals surface area contributed by atoms with Gasteiger partial charge in [-0.25, -0.2) is 0 Å². The number of nitrogens with zero attached hydrogens (tertiary/aromatic N) is 1. The molecule has 2 heteroatoms. The van der Waals surface area contributed by atoms with Gasteiger partial charge in [0.25, 0.3) is 5.91 Å². The average Bonchev–Trinajstić information content (AvgIpc) is 2.48. The minimum Gasteiger partial charge on any atom is -0.307 e. The van der Waals surface area contributed by atoms with Crippen LogP contribution in [0.4, 0.5) is 0 Å². The molecular formula is C13H11NO. The fourth-order valence-electron chi connectivity index (χ4n) is 2.15. The van der Waals surface area contributed by atoms with Gasteiger partial charge in [-0.3, -0.25) is 4.79 Å². The van der Waals surface area contributed by atoms with E-state index >= 15 is 0 Å². The number of hydrogen-bond acceptors (Lipinski definition) is 1. The van der Waals surface area contributed by atoms with Crippen molar-refractivity contribution >= 4 is 11.6 Å². The average molecular weight is 197 g/mol. The molecule has 3 rings (SSSR count). The lowest BCUT2D eigenvalue weighted by Gasteiger charge is -2.15. The van der Waals surface area contributed by atoms with Gasteiger partial charge in [0.1, 0.15) is 0 Å². The Bertz CT molecular complexity index is 485. The molecule has 1 aromatic carbocycles. The van der Waals surface area contributed by atoms with Crippen molar-refractivity contribution in [2.45, 2.75) is 6.42 Å². The van der Waals surface area contributed by atoms with Crippen LogP contribution < -0.4 is 0 Å². The molecule has 1 aromatic rings. The predicted octanol–water partition coefficient (Wildman–Crippen LogP) is 2.44. The molecule has 2 aliphatic heterocycles. The Labute approximate surface area is 88.5 Å². The summed E-state index contributed by atoms with van der Waals surface area (Å²) in [6.45, 7) is 0.788. The van der Waals surface area contributed by atoms with Crippen LogP contribution in [0.2, 0.25) is 0 Å². The van der Waals surface area contributed by atoms with Crippen molar-refractivity contribution in [1.29, 1.82) is 0 Å². The molecule has 2 aliphatic rings. The summed E-state index contributed by atoms with van der Waals surface area (Å²) in [6, 6.07) is 7.81. The van der Waals surface area contributed by atoms with Crippen molar-refractivity contribution in [3.63, 3.8) is 0 Å². The number of allylic oxidation sites excluding steroid dienone is 2. The second-order valence-electron chi connectivity index (χ2n) is 3.77.